The molecule has 3 rings (SSSR count). The average molecular weight is 432 g/mol. The molecule has 160 valence electrons. The molecule has 1 atom stereocenters. The molecule has 0 radical (unpaired) electrons. The standard InChI is InChI=1S/C21H25N3O5S/c1-13(2)24(4)30(27,28)16-10-8-15(9-11-16)12-22-21(26)17-6-5-7-18-19(17)29-14(3)20(25)23-18/h5-11,13-14H,12H2,1-4H3,(H,22,26)(H,23,25). The number of anilines is 1. The lowest BCUT2D eigenvalue weighted by molar-refractivity contribution is -0.122. The molecule has 0 saturated carbocycles. The van der Waals surface area contributed by atoms with Gasteiger partial charge in [-0.05, 0) is 50.6 Å². The van der Waals surface area contributed by atoms with Crippen molar-refractivity contribution in [1.29, 1.82) is 0 Å². The zero-order valence-corrected chi connectivity index (χ0v) is 18.1. The third-order valence-electron chi connectivity index (χ3n) is 4.96. The lowest BCUT2D eigenvalue weighted by Gasteiger charge is -2.25. The Morgan fingerprint density at radius 2 is 1.87 bits per heavy atom. The lowest BCUT2D eigenvalue weighted by Crippen LogP contribution is -2.35. The highest BCUT2D eigenvalue weighted by molar-refractivity contribution is 7.89. The zero-order chi connectivity index (χ0) is 22.1. The van der Waals surface area contributed by atoms with E-state index < -0.39 is 16.1 Å². The van der Waals surface area contributed by atoms with Crippen molar-refractivity contribution in [1.82, 2.24) is 9.62 Å². The molecule has 0 fully saturated rings. The van der Waals surface area contributed by atoms with E-state index in [9.17, 15) is 18.0 Å². The van der Waals surface area contributed by atoms with Crippen molar-refractivity contribution in [2.24, 2.45) is 0 Å². The molecule has 0 aliphatic carbocycles. The van der Waals surface area contributed by atoms with E-state index in [2.05, 4.69) is 10.6 Å². The predicted molar refractivity (Wildman–Crippen MR) is 113 cm³/mol. The maximum atomic E-state index is 12.7. The SMILES string of the molecule is CC1Oc2c(cccc2C(=O)NCc2ccc(S(=O)(=O)N(C)C(C)C)cc2)NC1=O. The molecule has 0 aromatic heterocycles. The van der Waals surface area contributed by atoms with E-state index in [0.717, 1.165) is 5.56 Å². The monoisotopic (exact) mass is 431 g/mol. The number of fused-ring (bicyclic) bond motifs is 1. The van der Waals surface area contributed by atoms with Crippen LogP contribution in [0.5, 0.6) is 5.75 Å². The molecule has 2 aromatic rings. The van der Waals surface area contributed by atoms with Crippen molar-refractivity contribution >= 4 is 27.5 Å². The first-order valence-electron chi connectivity index (χ1n) is 9.57. The second-order valence-corrected chi connectivity index (χ2v) is 9.37. The highest BCUT2D eigenvalue weighted by Gasteiger charge is 2.27. The largest absolute Gasteiger partial charge is 0.478 e. The summed E-state index contributed by atoms with van der Waals surface area (Å²) in [6.07, 6.45) is -0.690. The summed E-state index contributed by atoms with van der Waals surface area (Å²) in [5.74, 6) is -0.287. The summed E-state index contributed by atoms with van der Waals surface area (Å²) in [4.78, 5) is 24.6. The van der Waals surface area contributed by atoms with Crippen molar-refractivity contribution in [2.75, 3.05) is 12.4 Å². The number of hydrogen-bond acceptors (Lipinski definition) is 5. The molecule has 8 nitrogen and oxygen atoms in total. The van der Waals surface area contributed by atoms with E-state index >= 15 is 0 Å². The quantitative estimate of drug-likeness (QED) is 0.731. The van der Waals surface area contributed by atoms with Gasteiger partial charge >= 0.3 is 0 Å². The Morgan fingerprint density at radius 3 is 2.50 bits per heavy atom. The van der Waals surface area contributed by atoms with Gasteiger partial charge in [-0.3, -0.25) is 9.59 Å². The minimum Gasteiger partial charge on any atom is -0.478 e. The van der Waals surface area contributed by atoms with Crippen LogP contribution in [-0.4, -0.2) is 43.7 Å². The molecular weight excluding hydrogens is 406 g/mol. The van der Waals surface area contributed by atoms with E-state index in [1.807, 2.05) is 0 Å². The number of benzene rings is 2. The summed E-state index contributed by atoms with van der Waals surface area (Å²) in [5.41, 5.74) is 1.52. The van der Waals surface area contributed by atoms with Crippen LogP contribution in [0.3, 0.4) is 0 Å². The molecule has 0 bridgehead atoms. The smallest absolute Gasteiger partial charge is 0.265 e. The number of carbonyl (C=O) groups is 2. The van der Waals surface area contributed by atoms with Crippen molar-refractivity contribution < 1.29 is 22.7 Å². The van der Waals surface area contributed by atoms with Crippen molar-refractivity contribution in [3.8, 4) is 5.75 Å². The van der Waals surface area contributed by atoms with Gasteiger partial charge in [0.15, 0.2) is 11.9 Å². The zero-order valence-electron chi connectivity index (χ0n) is 17.3. The number of para-hydroxylation sites is 1. The van der Waals surface area contributed by atoms with Gasteiger partial charge in [-0.25, -0.2) is 8.42 Å². The Balaban J connectivity index is 1.71. The van der Waals surface area contributed by atoms with Gasteiger partial charge < -0.3 is 15.4 Å². The number of hydrogen-bond donors (Lipinski definition) is 2. The summed E-state index contributed by atoms with van der Waals surface area (Å²) in [5, 5.41) is 5.51. The van der Waals surface area contributed by atoms with Gasteiger partial charge in [0, 0.05) is 19.6 Å². The molecule has 1 aliphatic rings. The summed E-state index contributed by atoms with van der Waals surface area (Å²) >= 11 is 0. The number of amides is 2. The third kappa shape index (κ3) is 4.31. The number of rotatable bonds is 6. The summed E-state index contributed by atoms with van der Waals surface area (Å²) in [6, 6.07) is 11.2. The van der Waals surface area contributed by atoms with Crippen LogP contribution in [0, 0.1) is 0 Å². The van der Waals surface area contributed by atoms with E-state index in [1.54, 1.807) is 58.2 Å². The maximum Gasteiger partial charge on any atom is 0.265 e. The van der Waals surface area contributed by atoms with Crippen LogP contribution in [0.2, 0.25) is 0 Å². The summed E-state index contributed by atoms with van der Waals surface area (Å²) in [7, 11) is -2.01. The second-order valence-electron chi connectivity index (χ2n) is 7.37. The molecule has 2 N–H and O–H groups in total. The molecular formula is C21H25N3O5S. The molecule has 2 amide bonds. The third-order valence-corrected chi connectivity index (χ3v) is 7.01. The van der Waals surface area contributed by atoms with Crippen LogP contribution in [0.15, 0.2) is 47.4 Å². The fourth-order valence-electron chi connectivity index (χ4n) is 2.91. The molecule has 1 aliphatic heterocycles. The van der Waals surface area contributed by atoms with E-state index in [4.69, 9.17) is 4.74 Å². The first kappa shape index (κ1) is 21.8. The van der Waals surface area contributed by atoms with Gasteiger partial charge in [-0.2, -0.15) is 4.31 Å². The minimum absolute atomic E-state index is 0.152. The Hall–Kier alpha value is -2.91. The number of carbonyl (C=O) groups excluding carboxylic acids is 2. The van der Waals surface area contributed by atoms with Gasteiger partial charge in [0.2, 0.25) is 10.0 Å². The van der Waals surface area contributed by atoms with Crippen molar-refractivity contribution in [2.45, 2.75) is 44.4 Å². The lowest BCUT2D eigenvalue weighted by atomic mass is 10.1. The van der Waals surface area contributed by atoms with Crippen LogP contribution in [-0.2, 0) is 21.4 Å². The fourth-order valence-corrected chi connectivity index (χ4v) is 4.27. The number of ether oxygens (including phenoxy) is 1. The Labute approximate surface area is 176 Å². The van der Waals surface area contributed by atoms with Gasteiger partial charge in [0.05, 0.1) is 16.1 Å². The van der Waals surface area contributed by atoms with Crippen LogP contribution in [0.25, 0.3) is 0 Å². The fraction of sp³-hybridized carbons (Fsp3) is 0.333. The Morgan fingerprint density at radius 1 is 1.20 bits per heavy atom. The van der Waals surface area contributed by atoms with Gasteiger partial charge in [-0.1, -0.05) is 18.2 Å². The molecule has 0 spiro atoms. The Bertz CT molecular complexity index is 1060. The van der Waals surface area contributed by atoms with Crippen molar-refractivity contribution in [3.05, 3.63) is 53.6 Å². The van der Waals surface area contributed by atoms with E-state index in [0.29, 0.717) is 17.0 Å². The van der Waals surface area contributed by atoms with E-state index in [1.165, 1.54) is 16.4 Å². The van der Waals surface area contributed by atoms with Gasteiger partial charge in [0.25, 0.3) is 11.8 Å². The highest BCUT2D eigenvalue weighted by atomic mass is 32.2. The number of sulfonamides is 1. The number of nitrogens with one attached hydrogen (secondary N) is 2. The molecule has 9 heteroatoms. The molecule has 0 saturated heterocycles. The number of nitrogens with zero attached hydrogens (tertiary/aromatic N) is 1. The highest BCUT2D eigenvalue weighted by Crippen LogP contribution is 2.33. The van der Waals surface area contributed by atoms with Crippen molar-refractivity contribution in [3.63, 3.8) is 0 Å². The Kier molecular flexibility index (Phi) is 6.14. The van der Waals surface area contributed by atoms with E-state index in [-0.39, 0.29) is 29.3 Å². The average Bonchev–Trinajstić information content (AvgIpc) is 2.72. The predicted octanol–water partition coefficient (Wildman–Crippen LogP) is 2.36. The van der Waals surface area contributed by atoms with Crippen LogP contribution in [0.4, 0.5) is 5.69 Å². The molecule has 1 unspecified atom stereocenters. The molecule has 1 heterocycles. The van der Waals surface area contributed by atoms with Crippen LogP contribution in [0.1, 0.15) is 36.7 Å². The normalized spacial score (nSPS) is 16.1. The molecule has 2 aromatic carbocycles. The summed E-state index contributed by atoms with van der Waals surface area (Å²) < 4.78 is 32.0. The molecule has 30 heavy (non-hydrogen) atoms. The maximum absolute atomic E-state index is 12.7. The topological polar surface area (TPSA) is 105 Å². The van der Waals surface area contributed by atoms with Gasteiger partial charge in [-0.15, -0.1) is 0 Å². The van der Waals surface area contributed by atoms with Crippen LogP contribution < -0.4 is 15.4 Å². The summed E-state index contributed by atoms with van der Waals surface area (Å²) in [6.45, 7) is 5.43. The van der Waals surface area contributed by atoms with Gasteiger partial charge in [0.1, 0.15) is 0 Å². The minimum atomic E-state index is -3.55. The van der Waals surface area contributed by atoms with Crippen LogP contribution >= 0.6 is 0 Å². The first-order chi connectivity index (χ1) is 14.1. The second kappa shape index (κ2) is 8.45. The first-order valence-corrected chi connectivity index (χ1v) is 11.0.